The summed E-state index contributed by atoms with van der Waals surface area (Å²) in [5.41, 5.74) is 0. The lowest BCUT2D eigenvalue weighted by molar-refractivity contribution is -0.180. The summed E-state index contributed by atoms with van der Waals surface area (Å²) < 4.78 is 4.80. The van der Waals surface area contributed by atoms with Crippen LogP contribution >= 0.6 is 0 Å². The van der Waals surface area contributed by atoms with Gasteiger partial charge >= 0.3 is 0 Å². The molecule has 2 heteroatoms. The van der Waals surface area contributed by atoms with Crippen molar-refractivity contribution < 1.29 is 9.84 Å². The number of aliphatic hydroxyl groups is 1. The minimum atomic E-state index is -0.936. The molecule has 0 aliphatic rings. The van der Waals surface area contributed by atoms with Gasteiger partial charge < -0.3 is 9.84 Å². The average Bonchev–Trinajstić information content (AvgIpc) is 1.63. The molecule has 0 saturated carbocycles. The Kier molecular flexibility index (Phi) is 3.15. The summed E-state index contributed by atoms with van der Waals surface area (Å²) in [6, 6.07) is 0. The van der Waals surface area contributed by atoms with Crippen LogP contribution in [-0.2, 0) is 4.74 Å². The van der Waals surface area contributed by atoms with Crippen LogP contribution in [0.1, 0.15) is 27.2 Å². The summed E-state index contributed by atoms with van der Waals surface area (Å²) in [5, 5.41) is 9.27. The summed E-state index contributed by atoms with van der Waals surface area (Å²) in [6.07, 6.45) is 0.684. The van der Waals surface area contributed by atoms with E-state index in [0.717, 1.165) is 0 Å². The van der Waals surface area contributed by atoms with Crippen molar-refractivity contribution in [3.05, 3.63) is 0 Å². The van der Waals surface area contributed by atoms with Crippen LogP contribution in [0.2, 0.25) is 0 Å². The van der Waals surface area contributed by atoms with E-state index in [1.807, 2.05) is 13.8 Å². The second-order valence-corrected chi connectivity index (χ2v) is 2.98. The van der Waals surface area contributed by atoms with Crippen LogP contribution in [0.3, 0.4) is 0 Å². The molecular formula is C7H16O2. The molecule has 0 saturated heterocycles. The lowest BCUT2D eigenvalue weighted by Crippen LogP contribution is -2.28. The van der Waals surface area contributed by atoms with Crippen molar-refractivity contribution in [2.24, 2.45) is 5.92 Å². The third-order valence-electron chi connectivity index (χ3n) is 1.23. The van der Waals surface area contributed by atoms with Crippen molar-refractivity contribution in [3.63, 3.8) is 0 Å². The Bertz CT molecular complexity index is 77.0. The van der Waals surface area contributed by atoms with E-state index in [2.05, 4.69) is 0 Å². The molecule has 0 radical (unpaired) electrons. The lowest BCUT2D eigenvalue weighted by atomic mass is 10.0. The fraction of sp³-hybridized carbons (Fsp3) is 1.00. The second-order valence-electron chi connectivity index (χ2n) is 2.98. The quantitative estimate of drug-likeness (QED) is 0.588. The highest BCUT2D eigenvalue weighted by Crippen LogP contribution is 2.15. The molecule has 0 aromatic carbocycles. The Labute approximate surface area is 56.8 Å². The molecule has 0 bridgehead atoms. The molecule has 0 amide bonds. The fourth-order valence-electron chi connectivity index (χ4n) is 0.841. The molecule has 0 heterocycles. The number of hydrogen-bond acceptors (Lipinski definition) is 2. The highest BCUT2D eigenvalue weighted by atomic mass is 16.6. The third kappa shape index (κ3) is 4.43. The molecular weight excluding hydrogens is 116 g/mol. The SMILES string of the molecule is COC(C)(O)CC(C)C. The van der Waals surface area contributed by atoms with E-state index in [-0.39, 0.29) is 0 Å². The highest BCUT2D eigenvalue weighted by molar-refractivity contribution is 4.60. The molecule has 0 rings (SSSR count). The summed E-state index contributed by atoms with van der Waals surface area (Å²) in [5.74, 6) is -0.464. The molecule has 1 unspecified atom stereocenters. The summed E-state index contributed by atoms with van der Waals surface area (Å²) in [6.45, 7) is 5.77. The van der Waals surface area contributed by atoms with E-state index in [0.29, 0.717) is 12.3 Å². The van der Waals surface area contributed by atoms with Gasteiger partial charge in [-0.05, 0) is 12.8 Å². The van der Waals surface area contributed by atoms with E-state index in [9.17, 15) is 5.11 Å². The standard InChI is InChI=1S/C7H16O2/c1-6(2)5-7(3,8)9-4/h6,8H,5H2,1-4H3. The van der Waals surface area contributed by atoms with Crippen LogP contribution in [-0.4, -0.2) is 18.0 Å². The molecule has 0 aliphatic carbocycles. The van der Waals surface area contributed by atoms with Crippen LogP contribution in [0.5, 0.6) is 0 Å². The van der Waals surface area contributed by atoms with Gasteiger partial charge in [0.25, 0.3) is 0 Å². The molecule has 0 aromatic rings. The van der Waals surface area contributed by atoms with Gasteiger partial charge in [-0.2, -0.15) is 0 Å². The average molecular weight is 132 g/mol. The lowest BCUT2D eigenvalue weighted by Gasteiger charge is -2.22. The molecule has 0 fully saturated rings. The van der Waals surface area contributed by atoms with Gasteiger partial charge in [0.1, 0.15) is 0 Å². The molecule has 0 spiro atoms. The van der Waals surface area contributed by atoms with Crippen LogP contribution in [0, 0.1) is 5.92 Å². The van der Waals surface area contributed by atoms with Gasteiger partial charge in [-0.3, -0.25) is 0 Å². The molecule has 0 aromatic heterocycles. The zero-order valence-electron chi connectivity index (χ0n) is 6.64. The molecule has 56 valence electrons. The predicted octanol–water partition coefficient (Wildman–Crippen LogP) is 1.39. The minimum absolute atomic E-state index is 0.472. The summed E-state index contributed by atoms with van der Waals surface area (Å²) in [7, 11) is 1.52. The largest absolute Gasteiger partial charge is 0.366 e. The number of hydrogen-bond donors (Lipinski definition) is 1. The van der Waals surface area contributed by atoms with Gasteiger partial charge in [0, 0.05) is 13.5 Å². The van der Waals surface area contributed by atoms with E-state index >= 15 is 0 Å². The number of methoxy groups -OCH3 is 1. The Morgan fingerprint density at radius 3 is 2.11 bits per heavy atom. The maximum absolute atomic E-state index is 9.27. The fourth-order valence-corrected chi connectivity index (χ4v) is 0.841. The van der Waals surface area contributed by atoms with Crippen LogP contribution in [0.4, 0.5) is 0 Å². The summed E-state index contributed by atoms with van der Waals surface area (Å²) >= 11 is 0. The first-order valence-electron chi connectivity index (χ1n) is 3.25. The predicted molar refractivity (Wildman–Crippen MR) is 37.1 cm³/mol. The van der Waals surface area contributed by atoms with E-state index in [1.54, 1.807) is 6.92 Å². The third-order valence-corrected chi connectivity index (χ3v) is 1.23. The van der Waals surface area contributed by atoms with Gasteiger partial charge in [-0.15, -0.1) is 0 Å². The Morgan fingerprint density at radius 2 is 2.00 bits per heavy atom. The molecule has 2 nitrogen and oxygen atoms in total. The zero-order valence-corrected chi connectivity index (χ0v) is 6.64. The summed E-state index contributed by atoms with van der Waals surface area (Å²) in [4.78, 5) is 0. The van der Waals surface area contributed by atoms with Crippen LogP contribution in [0.15, 0.2) is 0 Å². The van der Waals surface area contributed by atoms with E-state index in [4.69, 9.17) is 4.74 Å². The first kappa shape index (κ1) is 8.92. The van der Waals surface area contributed by atoms with Gasteiger partial charge in [-0.25, -0.2) is 0 Å². The van der Waals surface area contributed by atoms with Crippen LogP contribution < -0.4 is 0 Å². The van der Waals surface area contributed by atoms with Gasteiger partial charge in [0.15, 0.2) is 5.79 Å². The molecule has 9 heavy (non-hydrogen) atoms. The second kappa shape index (κ2) is 3.18. The molecule has 0 aliphatic heterocycles. The Morgan fingerprint density at radius 1 is 1.56 bits per heavy atom. The number of ether oxygens (including phenoxy) is 1. The van der Waals surface area contributed by atoms with Crippen molar-refractivity contribution in [2.45, 2.75) is 33.0 Å². The number of rotatable bonds is 3. The normalized spacial score (nSPS) is 18.0. The van der Waals surface area contributed by atoms with Crippen molar-refractivity contribution >= 4 is 0 Å². The van der Waals surface area contributed by atoms with Gasteiger partial charge in [0.2, 0.25) is 0 Å². The maximum atomic E-state index is 9.27. The highest BCUT2D eigenvalue weighted by Gasteiger charge is 2.19. The molecule has 1 N–H and O–H groups in total. The maximum Gasteiger partial charge on any atom is 0.162 e. The molecule has 1 atom stereocenters. The smallest absolute Gasteiger partial charge is 0.162 e. The van der Waals surface area contributed by atoms with Crippen LogP contribution in [0.25, 0.3) is 0 Å². The van der Waals surface area contributed by atoms with Crippen molar-refractivity contribution in [3.8, 4) is 0 Å². The first-order valence-corrected chi connectivity index (χ1v) is 3.25. The van der Waals surface area contributed by atoms with Crippen molar-refractivity contribution in [1.82, 2.24) is 0 Å². The van der Waals surface area contributed by atoms with Crippen molar-refractivity contribution in [1.29, 1.82) is 0 Å². The Balaban J connectivity index is 3.58. The minimum Gasteiger partial charge on any atom is -0.366 e. The topological polar surface area (TPSA) is 29.5 Å². The van der Waals surface area contributed by atoms with Gasteiger partial charge in [0.05, 0.1) is 0 Å². The van der Waals surface area contributed by atoms with E-state index in [1.165, 1.54) is 7.11 Å². The van der Waals surface area contributed by atoms with Crippen molar-refractivity contribution in [2.75, 3.05) is 7.11 Å². The van der Waals surface area contributed by atoms with Gasteiger partial charge in [-0.1, -0.05) is 13.8 Å². The first-order chi connectivity index (χ1) is 3.98. The monoisotopic (exact) mass is 132 g/mol. The zero-order chi connectivity index (χ0) is 7.49. The Hall–Kier alpha value is -0.0800. The van der Waals surface area contributed by atoms with E-state index < -0.39 is 5.79 Å².